The zero-order chi connectivity index (χ0) is 14.7. The van der Waals surface area contributed by atoms with E-state index >= 15 is 0 Å². The summed E-state index contributed by atoms with van der Waals surface area (Å²) in [6.07, 6.45) is 4.75. The third kappa shape index (κ3) is 3.50. The third-order valence-electron chi connectivity index (χ3n) is 4.59. The number of halogens is 1. The van der Waals surface area contributed by atoms with Crippen molar-refractivity contribution in [2.45, 2.75) is 25.7 Å². The summed E-state index contributed by atoms with van der Waals surface area (Å²) in [5.41, 5.74) is 1.04. The molecule has 0 aliphatic carbocycles. The molecule has 2 aliphatic heterocycles. The van der Waals surface area contributed by atoms with Crippen molar-refractivity contribution in [1.29, 1.82) is 0 Å². The van der Waals surface area contributed by atoms with Crippen molar-refractivity contribution in [2.75, 3.05) is 31.5 Å². The van der Waals surface area contributed by atoms with E-state index in [-0.39, 0.29) is 11.4 Å². The van der Waals surface area contributed by atoms with Crippen LogP contribution in [-0.2, 0) is 0 Å². The highest BCUT2D eigenvalue weighted by atomic mass is 35.5. The topological polar surface area (TPSA) is 44.4 Å². The van der Waals surface area contributed by atoms with E-state index in [0.717, 1.165) is 38.3 Å². The van der Waals surface area contributed by atoms with Crippen LogP contribution in [0, 0.1) is 5.41 Å². The van der Waals surface area contributed by atoms with Crippen molar-refractivity contribution in [1.82, 2.24) is 10.2 Å². The minimum absolute atomic E-state index is 0.0121. The highest BCUT2D eigenvalue weighted by Gasteiger charge is 2.37. The second-order valence-corrected chi connectivity index (χ2v) is 6.68. The number of hydrogen-bond acceptors (Lipinski definition) is 2. The molecule has 2 aliphatic rings. The number of rotatable bonds is 1. The molecular formula is C16H22ClN3O. The van der Waals surface area contributed by atoms with Crippen LogP contribution in [-0.4, -0.2) is 37.1 Å². The first-order valence-electron chi connectivity index (χ1n) is 7.69. The Hall–Kier alpha value is -1.26. The Morgan fingerprint density at radius 2 is 2.19 bits per heavy atom. The third-order valence-corrected chi connectivity index (χ3v) is 4.82. The van der Waals surface area contributed by atoms with E-state index in [1.807, 2.05) is 17.0 Å². The molecule has 5 heteroatoms. The molecule has 2 heterocycles. The maximum absolute atomic E-state index is 12.5. The Kier molecular flexibility index (Phi) is 4.36. The van der Waals surface area contributed by atoms with E-state index in [9.17, 15) is 4.79 Å². The summed E-state index contributed by atoms with van der Waals surface area (Å²) in [4.78, 5) is 14.4. The number of benzene rings is 1. The summed E-state index contributed by atoms with van der Waals surface area (Å²) < 4.78 is 0. The average molecular weight is 308 g/mol. The SMILES string of the molecule is O=C(Nc1cccc(Cl)c1)N1CCCC2(CCCNC2)C1. The van der Waals surface area contributed by atoms with Gasteiger partial charge in [-0.1, -0.05) is 17.7 Å². The van der Waals surface area contributed by atoms with Gasteiger partial charge in [-0.05, 0) is 50.4 Å². The van der Waals surface area contributed by atoms with E-state index in [4.69, 9.17) is 11.6 Å². The van der Waals surface area contributed by atoms with Crippen molar-refractivity contribution in [2.24, 2.45) is 5.41 Å². The number of amides is 2. The van der Waals surface area contributed by atoms with Crippen LogP contribution in [0.2, 0.25) is 5.02 Å². The lowest BCUT2D eigenvalue weighted by Crippen LogP contribution is -2.53. The van der Waals surface area contributed by atoms with Crippen molar-refractivity contribution in [3.63, 3.8) is 0 Å². The quantitative estimate of drug-likeness (QED) is 0.836. The van der Waals surface area contributed by atoms with Crippen LogP contribution in [0.25, 0.3) is 0 Å². The maximum Gasteiger partial charge on any atom is 0.321 e. The van der Waals surface area contributed by atoms with Gasteiger partial charge in [-0.2, -0.15) is 0 Å². The molecule has 1 unspecified atom stereocenters. The van der Waals surface area contributed by atoms with E-state index in [0.29, 0.717) is 5.02 Å². The minimum Gasteiger partial charge on any atom is -0.324 e. The van der Waals surface area contributed by atoms with Crippen LogP contribution >= 0.6 is 11.6 Å². The normalized spacial score (nSPS) is 25.9. The number of anilines is 1. The second-order valence-electron chi connectivity index (χ2n) is 6.25. The molecule has 0 aromatic heterocycles. The van der Waals surface area contributed by atoms with Gasteiger partial charge in [0.1, 0.15) is 0 Å². The fourth-order valence-corrected chi connectivity index (χ4v) is 3.72. The van der Waals surface area contributed by atoms with E-state index in [2.05, 4.69) is 10.6 Å². The summed E-state index contributed by atoms with van der Waals surface area (Å²) in [5, 5.41) is 7.08. The zero-order valence-electron chi connectivity index (χ0n) is 12.2. The Balaban J connectivity index is 1.64. The molecule has 0 saturated carbocycles. The molecule has 2 fully saturated rings. The molecule has 2 amide bonds. The largest absolute Gasteiger partial charge is 0.324 e. The van der Waals surface area contributed by atoms with E-state index in [1.165, 1.54) is 19.3 Å². The van der Waals surface area contributed by atoms with Crippen molar-refractivity contribution in [3.05, 3.63) is 29.3 Å². The standard InChI is InChI=1S/C16H22ClN3O/c17-13-4-1-5-14(10-13)19-15(21)20-9-3-7-16(12-20)6-2-8-18-11-16/h1,4-5,10,18H,2-3,6-9,11-12H2,(H,19,21). The van der Waals surface area contributed by atoms with Gasteiger partial charge in [0.25, 0.3) is 0 Å². The first-order valence-corrected chi connectivity index (χ1v) is 8.07. The molecule has 1 aromatic carbocycles. The van der Waals surface area contributed by atoms with Crippen LogP contribution in [0.15, 0.2) is 24.3 Å². The summed E-state index contributed by atoms with van der Waals surface area (Å²) >= 11 is 5.96. The molecule has 2 saturated heterocycles. The number of carbonyl (C=O) groups excluding carboxylic acids is 1. The molecule has 1 aromatic rings. The molecule has 0 radical (unpaired) electrons. The molecule has 2 N–H and O–H groups in total. The van der Waals surface area contributed by atoms with Gasteiger partial charge in [0.15, 0.2) is 0 Å². The first-order chi connectivity index (χ1) is 10.2. The Morgan fingerprint density at radius 1 is 1.33 bits per heavy atom. The molecular weight excluding hydrogens is 286 g/mol. The molecule has 1 spiro atoms. The summed E-state index contributed by atoms with van der Waals surface area (Å²) in [6.45, 7) is 3.84. The van der Waals surface area contributed by atoms with Gasteiger partial charge in [-0.15, -0.1) is 0 Å². The lowest BCUT2D eigenvalue weighted by molar-refractivity contribution is 0.0861. The van der Waals surface area contributed by atoms with E-state index < -0.39 is 0 Å². The van der Waals surface area contributed by atoms with Crippen LogP contribution in [0.1, 0.15) is 25.7 Å². The fourth-order valence-electron chi connectivity index (χ4n) is 3.53. The number of carbonyl (C=O) groups is 1. The van der Waals surface area contributed by atoms with Gasteiger partial charge < -0.3 is 15.5 Å². The summed E-state index contributed by atoms with van der Waals surface area (Å²) in [6, 6.07) is 7.29. The van der Waals surface area contributed by atoms with Gasteiger partial charge >= 0.3 is 6.03 Å². The number of likely N-dealkylation sites (tertiary alicyclic amines) is 1. The smallest absolute Gasteiger partial charge is 0.321 e. The predicted molar refractivity (Wildman–Crippen MR) is 85.8 cm³/mol. The van der Waals surface area contributed by atoms with Crippen LogP contribution in [0.3, 0.4) is 0 Å². The Bertz CT molecular complexity index is 508. The number of hydrogen-bond donors (Lipinski definition) is 2. The van der Waals surface area contributed by atoms with Gasteiger partial charge in [-0.25, -0.2) is 4.79 Å². The zero-order valence-corrected chi connectivity index (χ0v) is 13.0. The highest BCUT2D eigenvalue weighted by molar-refractivity contribution is 6.30. The molecule has 21 heavy (non-hydrogen) atoms. The van der Waals surface area contributed by atoms with Crippen molar-refractivity contribution < 1.29 is 4.79 Å². The predicted octanol–water partition coefficient (Wildman–Crippen LogP) is 3.34. The van der Waals surface area contributed by atoms with Crippen molar-refractivity contribution >= 4 is 23.3 Å². The summed E-state index contributed by atoms with van der Waals surface area (Å²) in [5.74, 6) is 0. The highest BCUT2D eigenvalue weighted by Crippen LogP contribution is 2.36. The van der Waals surface area contributed by atoms with Gasteiger partial charge in [0, 0.05) is 35.8 Å². The fraction of sp³-hybridized carbons (Fsp3) is 0.562. The molecule has 4 nitrogen and oxygen atoms in total. The summed E-state index contributed by atoms with van der Waals surface area (Å²) in [7, 11) is 0. The lowest BCUT2D eigenvalue weighted by atomic mass is 9.74. The number of urea groups is 1. The average Bonchev–Trinajstić information content (AvgIpc) is 2.48. The van der Waals surface area contributed by atoms with Crippen LogP contribution in [0.4, 0.5) is 10.5 Å². The second kappa shape index (κ2) is 6.24. The number of nitrogens with zero attached hydrogens (tertiary/aromatic N) is 1. The number of piperidine rings is 2. The van der Waals surface area contributed by atoms with Crippen LogP contribution < -0.4 is 10.6 Å². The van der Waals surface area contributed by atoms with Crippen molar-refractivity contribution in [3.8, 4) is 0 Å². The first kappa shape index (κ1) is 14.7. The maximum atomic E-state index is 12.5. The molecule has 114 valence electrons. The lowest BCUT2D eigenvalue weighted by Gasteiger charge is -2.45. The van der Waals surface area contributed by atoms with E-state index in [1.54, 1.807) is 12.1 Å². The van der Waals surface area contributed by atoms with Gasteiger partial charge in [0.05, 0.1) is 0 Å². The van der Waals surface area contributed by atoms with Crippen LogP contribution in [0.5, 0.6) is 0 Å². The minimum atomic E-state index is -0.0121. The Labute approximate surface area is 130 Å². The molecule has 3 rings (SSSR count). The molecule has 1 atom stereocenters. The monoisotopic (exact) mass is 307 g/mol. The molecule has 0 bridgehead atoms. The number of nitrogens with one attached hydrogen (secondary N) is 2. The van der Waals surface area contributed by atoms with Gasteiger partial charge in [0.2, 0.25) is 0 Å². The van der Waals surface area contributed by atoms with Gasteiger partial charge in [-0.3, -0.25) is 0 Å². The Morgan fingerprint density at radius 3 is 2.95 bits per heavy atom.